The van der Waals surface area contributed by atoms with Gasteiger partial charge < -0.3 is 14.8 Å². The van der Waals surface area contributed by atoms with E-state index in [0.29, 0.717) is 18.8 Å². The first-order valence-corrected chi connectivity index (χ1v) is 2.98. The maximum absolute atomic E-state index is 10.7. The molecule has 4 nitrogen and oxygen atoms in total. The molecule has 0 aromatic heterocycles. The van der Waals surface area contributed by atoms with Gasteiger partial charge in [-0.25, -0.2) is 4.79 Å². The molecule has 1 aliphatic rings. The molecule has 0 aromatic rings. The van der Waals surface area contributed by atoms with Crippen molar-refractivity contribution in [3.05, 3.63) is 12.0 Å². The Morgan fingerprint density at radius 2 is 2.70 bits per heavy atom. The van der Waals surface area contributed by atoms with Crippen molar-refractivity contribution in [3.8, 4) is 0 Å². The molecule has 1 aliphatic heterocycles. The van der Waals surface area contributed by atoms with Crippen molar-refractivity contribution >= 4 is 5.97 Å². The van der Waals surface area contributed by atoms with E-state index in [9.17, 15) is 4.79 Å². The molecule has 0 spiro atoms. The van der Waals surface area contributed by atoms with E-state index >= 15 is 0 Å². The summed E-state index contributed by atoms with van der Waals surface area (Å²) in [7, 11) is 1.33. The van der Waals surface area contributed by atoms with Gasteiger partial charge in [-0.3, -0.25) is 0 Å². The average Bonchev–Trinajstić information content (AvgIpc) is 2.05. The van der Waals surface area contributed by atoms with Gasteiger partial charge in [0, 0.05) is 6.54 Å². The maximum Gasteiger partial charge on any atom is 0.357 e. The van der Waals surface area contributed by atoms with Gasteiger partial charge in [-0.05, 0) is 0 Å². The minimum Gasteiger partial charge on any atom is -0.497 e. The van der Waals surface area contributed by atoms with Gasteiger partial charge in [0.05, 0.1) is 7.11 Å². The Morgan fingerprint density at radius 1 is 1.90 bits per heavy atom. The number of hydrogen-bond donors (Lipinski definition) is 1. The smallest absolute Gasteiger partial charge is 0.357 e. The molecular weight excluding hydrogens is 134 g/mol. The van der Waals surface area contributed by atoms with Crippen molar-refractivity contribution < 1.29 is 14.3 Å². The molecule has 0 bridgehead atoms. The molecule has 0 radical (unpaired) electrons. The summed E-state index contributed by atoms with van der Waals surface area (Å²) in [4.78, 5) is 10.7. The second-order valence-electron chi connectivity index (χ2n) is 1.82. The number of hydrogen-bond acceptors (Lipinski definition) is 4. The van der Waals surface area contributed by atoms with E-state index < -0.39 is 0 Å². The molecule has 0 saturated carbocycles. The lowest BCUT2D eigenvalue weighted by atomic mass is 10.4. The highest BCUT2D eigenvalue weighted by molar-refractivity contribution is 5.87. The van der Waals surface area contributed by atoms with E-state index in [1.807, 2.05) is 0 Å². The minimum atomic E-state index is -0.389. The third-order valence-electron chi connectivity index (χ3n) is 1.14. The van der Waals surface area contributed by atoms with E-state index in [4.69, 9.17) is 4.74 Å². The van der Waals surface area contributed by atoms with Gasteiger partial charge in [-0.2, -0.15) is 0 Å². The fraction of sp³-hybridized carbons (Fsp3) is 0.500. The van der Waals surface area contributed by atoms with Crippen LogP contribution < -0.4 is 5.32 Å². The second kappa shape index (κ2) is 3.10. The Bertz CT molecular complexity index is 164. The summed E-state index contributed by atoms with van der Waals surface area (Å²) in [5, 5.41) is 2.83. The van der Waals surface area contributed by atoms with Crippen molar-refractivity contribution in [2.24, 2.45) is 0 Å². The predicted octanol–water partition coefficient (Wildman–Crippen LogP) is -0.379. The Hall–Kier alpha value is -1.19. The summed E-state index contributed by atoms with van der Waals surface area (Å²) in [6, 6.07) is 0. The van der Waals surface area contributed by atoms with Crippen LogP contribution in [0.2, 0.25) is 0 Å². The third kappa shape index (κ3) is 1.40. The van der Waals surface area contributed by atoms with Crippen LogP contribution in [-0.2, 0) is 14.3 Å². The zero-order chi connectivity index (χ0) is 7.40. The Morgan fingerprint density at radius 3 is 3.20 bits per heavy atom. The largest absolute Gasteiger partial charge is 0.497 e. The summed E-state index contributed by atoms with van der Waals surface area (Å²) >= 11 is 0. The monoisotopic (exact) mass is 143 g/mol. The zero-order valence-corrected chi connectivity index (χ0v) is 5.72. The molecule has 1 heterocycles. The molecule has 1 rings (SSSR count). The summed E-state index contributed by atoms with van der Waals surface area (Å²) in [5.41, 5.74) is 0.383. The van der Waals surface area contributed by atoms with Gasteiger partial charge in [0.15, 0.2) is 5.70 Å². The minimum absolute atomic E-state index is 0.383. The molecule has 0 unspecified atom stereocenters. The van der Waals surface area contributed by atoms with Crippen LogP contribution in [0.3, 0.4) is 0 Å². The van der Waals surface area contributed by atoms with E-state index in [1.54, 1.807) is 0 Å². The topological polar surface area (TPSA) is 47.6 Å². The molecule has 0 amide bonds. The van der Waals surface area contributed by atoms with Gasteiger partial charge in [0.1, 0.15) is 12.9 Å². The molecule has 0 fully saturated rings. The highest BCUT2D eigenvalue weighted by atomic mass is 16.5. The van der Waals surface area contributed by atoms with Crippen molar-refractivity contribution in [1.29, 1.82) is 0 Å². The third-order valence-corrected chi connectivity index (χ3v) is 1.14. The van der Waals surface area contributed by atoms with Crippen LogP contribution in [0.25, 0.3) is 0 Å². The fourth-order valence-corrected chi connectivity index (χ4v) is 0.659. The van der Waals surface area contributed by atoms with Gasteiger partial charge in [0.2, 0.25) is 0 Å². The number of esters is 1. The molecule has 10 heavy (non-hydrogen) atoms. The number of nitrogens with one attached hydrogen (secondary N) is 1. The lowest BCUT2D eigenvalue weighted by molar-refractivity contribution is -0.136. The van der Waals surface area contributed by atoms with Crippen LogP contribution >= 0.6 is 0 Å². The first-order chi connectivity index (χ1) is 4.84. The van der Waals surface area contributed by atoms with Crippen LogP contribution in [0.4, 0.5) is 0 Å². The lowest BCUT2D eigenvalue weighted by Crippen LogP contribution is -2.28. The van der Waals surface area contributed by atoms with Crippen LogP contribution in [0.15, 0.2) is 12.0 Å². The molecular formula is C6H9NO3. The summed E-state index contributed by atoms with van der Waals surface area (Å²) in [5.74, 6) is -0.389. The maximum atomic E-state index is 10.7. The first kappa shape index (κ1) is 6.92. The zero-order valence-electron chi connectivity index (χ0n) is 5.72. The van der Waals surface area contributed by atoms with Gasteiger partial charge in [-0.15, -0.1) is 0 Å². The molecule has 0 atom stereocenters. The van der Waals surface area contributed by atoms with Gasteiger partial charge >= 0.3 is 5.97 Å². The number of carbonyl (C=O) groups is 1. The van der Waals surface area contributed by atoms with Crippen LogP contribution in [0.1, 0.15) is 0 Å². The van der Waals surface area contributed by atoms with Crippen LogP contribution in [-0.4, -0.2) is 26.2 Å². The lowest BCUT2D eigenvalue weighted by Gasteiger charge is -2.13. The quantitative estimate of drug-likeness (QED) is 0.508. The van der Waals surface area contributed by atoms with E-state index in [-0.39, 0.29) is 5.97 Å². The number of carbonyl (C=O) groups excluding carboxylic acids is 1. The summed E-state index contributed by atoms with van der Waals surface area (Å²) in [6.07, 6.45) is 1.37. The molecule has 4 heteroatoms. The van der Waals surface area contributed by atoms with Crippen LogP contribution in [0, 0.1) is 0 Å². The SMILES string of the molecule is COC(=O)C1=COCCN1. The van der Waals surface area contributed by atoms with Crippen molar-refractivity contribution in [2.75, 3.05) is 20.3 Å². The molecule has 1 N–H and O–H groups in total. The highest BCUT2D eigenvalue weighted by Gasteiger charge is 2.11. The Kier molecular flexibility index (Phi) is 2.15. The molecule has 56 valence electrons. The second-order valence-corrected chi connectivity index (χ2v) is 1.82. The fourth-order valence-electron chi connectivity index (χ4n) is 0.659. The molecule has 0 aliphatic carbocycles. The highest BCUT2D eigenvalue weighted by Crippen LogP contribution is 1.97. The molecule has 0 saturated heterocycles. The number of ether oxygens (including phenoxy) is 2. The van der Waals surface area contributed by atoms with Crippen molar-refractivity contribution in [3.63, 3.8) is 0 Å². The Labute approximate surface area is 58.8 Å². The van der Waals surface area contributed by atoms with Crippen molar-refractivity contribution in [1.82, 2.24) is 5.32 Å². The van der Waals surface area contributed by atoms with Crippen molar-refractivity contribution in [2.45, 2.75) is 0 Å². The van der Waals surface area contributed by atoms with E-state index in [1.165, 1.54) is 13.4 Å². The Balaban J connectivity index is 2.53. The van der Waals surface area contributed by atoms with E-state index in [0.717, 1.165) is 0 Å². The predicted molar refractivity (Wildman–Crippen MR) is 34.1 cm³/mol. The summed E-state index contributed by atoms with van der Waals surface area (Å²) in [6.45, 7) is 1.25. The van der Waals surface area contributed by atoms with E-state index in [2.05, 4.69) is 10.1 Å². The molecule has 0 aromatic carbocycles. The first-order valence-electron chi connectivity index (χ1n) is 2.98. The number of methoxy groups -OCH3 is 1. The van der Waals surface area contributed by atoms with Gasteiger partial charge in [0.25, 0.3) is 0 Å². The normalized spacial score (nSPS) is 16.3. The standard InChI is InChI=1S/C6H9NO3/c1-9-6(8)5-4-10-3-2-7-5/h4,7H,2-3H2,1H3. The summed E-state index contributed by atoms with van der Waals surface area (Å²) < 4.78 is 9.32. The number of rotatable bonds is 1. The van der Waals surface area contributed by atoms with Gasteiger partial charge in [-0.1, -0.05) is 0 Å². The average molecular weight is 143 g/mol. The van der Waals surface area contributed by atoms with Crippen LogP contribution in [0.5, 0.6) is 0 Å².